The summed E-state index contributed by atoms with van der Waals surface area (Å²) in [5.41, 5.74) is 0. The number of hydrogen-bond donors (Lipinski definition) is 0. The zero-order valence-corrected chi connectivity index (χ0v) is 16.1. The third-order valence-corrected chi connectivity index (χ3v) is 3.96. The van der Waals surface area contributed by atoms with Gasteiger partial charge in [0.1, 0.15) is 5.78 Å². The Kier molecular flexibility index (Phi) is 8.09. The highest BCUT2D eigenvalue weighted by atomic mass is 28.4. The van der Waals surface area contributed by atoms with E-state index in [-0.39, 0.29) is 37.0 Å². The highest BCUT2D eigenvalue weighted by Crippen LogP contribution is 2.10. The number of carbonyl (C=O) groups is 3. The average molecular weight is 333 g/mol. The molecule has 0 aliphatic rings. The molecule has 0 radical (unpaired) electrons. The molecule has 122 valence electrons. The van der Waals surface area contributed by atoms with Crippen molar-refractivity contribution in [3.63, 3.8) is 0 Å². The van der Waals surface area contributed by atoms with E-state index >= 15 is 0 Å². The molecule has 0 fully saturated rings. The number of ketones is 1. The number of Topliss-reactive ketones (excluding diaryl/α,β-unsaturated/α-hetero) is 1. The molecular weight excluding hydrogens is 304 g/mol. The van der Waals surface area contributed by atoms with Crippen LogP contribution in [-0.2, 0) is 23.2 Å². The molecule has 0 unspecified atom stereocenters. The van der Waals surface area contributed by atoms with Gasteiger partial charge >= 0.3 is 0 Å². The van der Waals surface area contributed by atoms with Gasteiger partial charge in [0, 0.05) is 19.3 Å². The molecule has 0 rings (SSSR count). The summed E-state index contributed by atoms with van der Waals surface area (Å²) in [6.45, 7) is 11.6. The molecule has 0 bridgehead atoms. The molecule has 0 aliphatic heterocycles. The van der Waals surface area contributed by atoms with Gasteiger partial charge in [-0.15, -0.1) is 0 Å². The molecule has 0 saturated heterocycles. The summed E-state index contributed by atoms with van der Waals surface area (Å²) in [7, 11) is -3.72. The third-order valence-electron chi connectivity index (χ3n) is 2.28. The third kappa shape index (κ3) is 13.8. The molecule has 0 aromatic heterocycles. The molecule has 0 aliphatic carbocycles. The Balaban J connectivity index is 3.82. The van der Waals surface area contributed by atoms with Gasteiger partial charge in [-0.05, 0) is 45.7 Å². The molecule has 0 aromatic carbocycles. The van der Waals surface area contributed by atoms with Gasteiger partial charge in [0.25, 0.3) is 11.9 Å². The second-order valence-corrected chi connectivity index (χ2v) is 15.9. The van der Waals surface area contributed by atoms with E-state index in [1.54, 1.807) is 0 Å². The van der Waals surface area contributed by atoms with Crippen LogP contribution in [0.3, 0.4) is 0 Å². The monoisotopic (exact) mass is 332 g/mol. The van der Waals surface area contributed by atoms with Crippen molar-refractivity contribution in [2.75, 3.05) is 0 Å². The van der Waals surface area contributed by atoms with E-state index in [2.05, 4.69) is 0 Å². The van der Waals surface area contributed by atoms with Crippen molar-refractivity contribution >= 4 is 34.4 Å². The molecule has 0 atom stereocenters. The molecule has 0 heterocycles. The summed E-state index contributed by atoms with van der Waals surface area (Å²) in [6, 6.07) is 0. The van der Waals surface area contributed by atoms with Crippen LogP contribution in [-0.4, -0.2) is 34.4 Å². The van der Waals surface area contributed by atoms with Crippen molar-refractivity contribution in [1.29, 1.82) is 0 Å². The average Bonchev–Trinajstić information content (AvgIpc) is 2.21. The first-order valence-corrected chi connectivity index (χ1v) is 14.2. The van der Waals surface area contributed by atoms with E-state index in [0.29, 0.717) is 12.8 Å². The fraction of sp³-hybridized carbons (Fsp3) is 0.786. The quantitative estimate of drug-likeness (QED) is 0.606. The molecule has 0 aromatic rings. The summed E-state index contributed by atoms with van der Waals surface area (Å²) >= 11 is 0. The Morgan fingerprint density at radius 1 is 0.667 bits per heavy atom. The van der Waals surface area contributed by atoms with Crippen LogP contribution in [0.15, 0.2) is 0 Å². The summed E-state index contributed by atoms with van der Waals surface area (Å²) in [6.07, 6.45) is 1.36. The predicted molar refractivity (Wildman–Crippen MR) is 87.0 cm³/mol. The normalized spacial score (nSPS) is 11.9. The first-order valence-electron chi connectivity index (χ1n) is 7.34. The maximum Gasteiger partial charge on any atom is 0.292 e. The molecule has 21 heavy (non-hydrogen) atoms. The fourth-order valence-corrected chi connectivity index (χ4v) is 3.15. The van der Waals surface area contributed by atoms with E-state index in [1.807, 2.05) is 39.3 Å². The Hall–Kier alpha value is -0.956. The van der Waals surface area contributed by atoms with Crippen molar-refractivity contribution in [3.8, 4) is 0 Å². The standard InChI is InChI=1S/C14H28O5Si2/c1-20(2,3)18-13(16)9-7-8-12(15)10-11-14(17)19-21(4,5)6/h7-11H2,1-6H3. The Bertz CT molecular complexity index is 380. The first-order chi connectivity index (χ1) is 9.39. The van der Waals surface area contributed by atoms with Crippen LogP contribution in [0.1, 0.15) is 32.1 Å². The van der Waals surface area contributed by atoms with Gasteiger partial charge in [-0.2, -0.15) is 0 Å². The van der Waals surface area contributed by atoms with Gasteiger partial charge in [-0.1, -0.05) is 0 Å². The Labute approximate surface area is 129 Å². The molecule has 0 amide bonds. The number of rotatable bonds is 9. The van der Waals surface area contributed by atoms with Gasteiger partial charge in [0.05, 0.1) is 6.42 Å². The van der Waals surface area contributed by atoms with Crippen LogP contribution >= 0.6 is 0 Å². The second-order valence-electron chi connectivity index (χ2n) is 7.07. The fourth-order valence-electron chi connectivity index (χ4n) is 1.58. The van der Waals surface area contributed by atoms with Crippen LogP contribution in [0.5, 0.6) is 0 Å². The van der Waals surface area contributed by atoms with E-state index < -0.39 is 16.6 Å². The van der Waals surface area contributed by atoms with E-state index in [1.165, 1.54) is 0 Å². The predicted octanol–water partition coefficient (Wildman–Crippen LogP) is 3.26. The summed E-state index contributed by atoms with van der Waals surface area (Å²) < 4.78 is 10.6. The van der Waals surface area contributed by atoms with E-state index in [0.717, 1.165) is 0 Å². The minimum Gasteiger partial charge on any atom is -0.520 e. The largest absolute Gasteiger partial charge is 0.520 e. The summed E-state index contributed by atoms with van der Waals surface area (Å²) in [5.74, 6) is -0.552. The van der Waals surface area contributed by atoms with Gasteiger partial charge in [-0.3, -0.25) is 14.4 Å². The molecule has 7 heteroatoms. The van der Waals surface area contributed by atoms with Crippen LogP contribution in [0.2, 0.25) is 39.3 Å². The maximum atomic E-state index is 11.6. The highest BCUT2D eigenvalue weighted by Gasteiger charge is 2.21. The highest BCUT2D eigenvalue weighted by molar-refractivity contribution is 6.71. The molecule has 0 spiro atoms. The van der Waals surface area contributed by atoms with Crippen LogP contribution < -0.4 is 0 Å². The number of carbonyl (C=O) groups excluding carboxylic acids is 3. The minimum atomic E-state index is -1.87. The van der Waals surface area contributed by atoms with Crippen LogP contribution in [0, 0.1) is 0 Å². The number of hydrogen-bond acceptors (Lipinski definition) is 5. The van der Waals surface area contributed by atoms with Gasteiger partial charge in [0.2, 0.25) is 16.6 Å². The minimum absolute atomic E-state index is 0.0108. The molecule has 0 saturated carbocycles. The Morgan fingerprint density at radius 3 is 1.52 bits per heavy atom. The van der Waals surface area contributed by atoms with Crippen molar-refractivity contribution in [3.05, 3.63) is 0 Å². The smallest absolute Gasteiger partial charge is 0.292 e. The van der Waals surface area contributed by atoms with Crippen LogP contribution in [0.4, 0.5) is 0 Å². The van der Waals surface area contributed by atoms with E-state index in [4.69, 9.17) is 8.85 Å². The lowest BCUT2D eigenvalue weighted by Crippen LogP contribution is -2.29. The van der Waals surface area contributed by atoms with Crippen molar-refractivity contribution in [1.82, 2.24) is 0 Å². The van der Waals surface area contributed by atoms with Crippen molar-refractivity contribution in [2.45, 2.75) is 71.4 Å². The molecule has 5 nitrogen and oxygen atoms in total. The topological polar surface area (TPSA) is 69.7 Å². The van der Waals surface area contributed by atoms with Gasteiger partial charge in [0.15, 0.2) is 0 Å². The molecular formula is C14H28O5Si2. The van der Waals surface area contributed by atoms with Gasteiger partial charge in [-0.25, -0.2) is 0 Å². The maximum absolute atomic E-state index is 11.6. The van der Waals surface area contributed by atoms with E-state index in [9.17, 15) is 14.4 Å². The van der Waals surface area contributed by atoms with Crippen LogP contribution in [0.25, 0.3) is 0 Å². The zero-order valence-electron chi connectivity index (χ0n) is 14.1. The second kappa shape index (κ2) is 8.48. The Morgan fingerprint density at radius 2 is 1.10 bits per heavy atom. The SMILES string of the molecule is C[Si](C)(C)OC(=O)CCCC(=O)CCC(=O)O[Si](C)(C)C. The van der Waals surface area contributed by atoms with Gasteiger partial charge < -0.3 is 8.85 Å². The lowest BCUT2D eigenvalue weighted by molar-refractivity contribution is -0.137. The summed E-state index contributed by atoms with van der Waals surface area (Å²) in [4.78, 5) is 34.6. The van der Waals surface area contributed by atoms with Crippen molar-refractivity contribution < 1.29 is 23.2 Å². The lowest BCUT2D eigenvalue weighted by Gasteiger charge is -2.17. The zero-order chi connectivity index (χ0) is 16.7. The molecule has 0 N–H and O–H groups in total. The first kappa shape index (κ1) is 20.0. The summed E-state index contributed by atoms with van der Waals surface area (Å²) in [5, 5.41) is 0. The lowest BCUT2D eigenvalue weighted by atomic mass is 10.1. The van der Waals surface area contributed by atoms with Crippen molar-refractivity contribution in [2.24, 2.45) is 0 Å².